The molecule has 1 heterocycles. The molecular weight excluding hydrogens is 288 g/mol. The van der Waals surface area contributed by atoms with Gasteiger partial charge in [-0.05, 0) is 47.3 Å². The van der Waals surface area contributed by atoms with E-state index in [1.165, 1.54) is 24.8 Å². The SMILES string of the molecule is Cc1ccnc(NCCCCCCCl)c1Br. The van der Waals surface area contributed by atoms with E-state index >= 15 is 0 Å². The summed E-state index contributed by atoms with van der Waals surface area (Å²) in [6, 6.07) is 2.00. The average molecular weight is 306 g/mol. The van der Waals surface area contributed by atoms with Gasteiger partial charge in [-0.3, -0.25) is 0 Å². The molecule has 4 heteroatoms. The Labute approximate surface area is 111 Å². The largest absolute Gasteiger partial charge is 0.369 e. The maximum Gasteiger partial charge on any atom is 0.140 e. The third kappa shape index (κ3) is 4.71. The Balaban J connectivity index is 2.24. The molecule has 0 fully saturated rings. The molecule has 0 aliphatic heterocycles. The predicted molar refractivity (Wildman–Crippen MR) is 74.4 cm³/mol. The van der Waals surface area contributed by atoms with Crippen molar-refractivity contribution >= 4 is 33.3 Å². The van der Waals surface area contributed by atoms with Crippen LogP contribution in [0.2, 0.25) is 0 Å². The number of nitrogens with one attached hydrogen (secondary N) is 1. The van der Waals surface area contributed by atoms with E-state index in [-0.39, 0.29) is 0 Å². The van der Waals surface area contributed by atoms with Crippen LogP contribution in [0.3, 0.4) is 0 Å². The quantitative estimate of drug-likeness (QED) is 0.598. The van der Waals surface area contributed by atoms with Gasteiger partial charge in [0.15, 0.2) is 0 Å². The van der Waals surface area contributed by atoms with Crippen LogP contribution in [0.4, 0.5) is 5.82 Å². The zero-order valence-electron chi connectivity index (χ0n) is 9.60. The molecule has 1 N–H and O–H groups in total. The first-order valence-electron chi connectivity index (χ1n) is 5.66. The van der Waals surface area contributed by atoms with Crippen LogP contribution in [0.15, 0.2) is 16.7 Å². The van der Waals surface area contributed by atoms with Crippen LogP contribution in [0, 0.1) is 6.92 Å². The van der Waals surface area contributed by atoms with Gasteiger partial charge in [0.05, 0.1) is 4.47 Å². The molecule has 0 bridgehead atoms. The molecule has 0 atom stereocenters. The van der Waals surface area contributed by atoms with Crippen LogP contribution in [-0.4, -0.2) is 17.4 Å². The van der Waals surface area contributed by atoms with Crippen LogP contribution >= 0.6 is 27.5 Å². The Bertz CT molecular complexity index is 318. The van der Waals surface area contributed by atoms with E-state index in [2.05, 4.69) is 33.2 Å². The van der Waals surface area contributed by atoms with Gasteiger partial charge in [0.25, 0.3) is 0 Å². The second kappa shape index (κ2) is 7.91. The smallest absolute Gasteiger partial charge is 0.140 e. The predicted octanol–water partition coefficient (Wildman–Crippen LogP) is 4.36. The number of pyridine rings is 1. The molecule has 0 unspecified atom stereocenters. The highest BCUT2D eigenvalue weighted by molar-refractivity contribution is 9.10. The maximum atomic E-state index is 5.62. The zero-order valence-corrected chi connectivity index (χ0v) is 11.9. The number of anilines is 1. The number of hydrogen-bond acceptors (Lipinski definition) is 2. The number of aryl methyl sites for hydroxylation is 1. The molecule has 1 rings (SSSR count). The zero-order chi connectivity index (χ0) is 11.8. The number of hydrogen-bond donors (Lipinski definition) is 1. The van der Waals surface area contributed by atoms with E-state index < -0.39 is 0 Å². The van der Waals surface area contributed by atoms with Gasteiger partial charge in [0.1, 0.15) is 5.82 Å². The first-order valence-corrected chi connectivity index (χ1v) is 6.99. The maximum absolute atomic E-state index is 5.62. The van der Waals surface area contributed by atoms with Crippen LogP contribution in [-0.2, 0) is 0 Å². The third-order valence-corrected chi connectivity index (χ3v) is 3.70. The highest BCUT2D eigenvalue weighted by atomic mass is 79.9. The van der Waals surface area contributed by atoms with Crippen LogP contribution < -0.4 is 5.32 Å². The third-order valence-electron chi connectivity index (χ3n) is 2.44. The molecule has 0 aromatic carbocycles. The van der Waals surface area contributed by atoms with E-state index in [9.17, 15) is 0 Å². The fraction of sp³-hybridized carbons (Fsp3) is 0.583. The van der Waals surface area contributed by atoms with Crippen molar-refractivity contribution in [3.05, 3.63) is 22.3 Å². The van der Waals surface area contributed by atoms with Gasteiger partial charge < -0.3 is 5.32 Å². The first-order chi connectivity index (χ1) is 7.75. The Hall–Kier alpha value is -0.280. The molecule has 0 saturated carbocycles. The molecule has 1 aromatic rings. The Morgan fingerprint density at radius 3 is 2.81 bits per heavy atom. The summed E-state index contributed by atoms with van der Waals surface area (Å²) in [6.07, 6.45) is 6.56. The second-order valence-corrected chi connectivity index (χ2v) is 4.99. The minimum atomic E-state index is 0.776. The number of aromatic nitrogens is 1. The molecule has 0 amide bonds. The normalized spacial score (nSPS) is 10.4. The molecule has 90 valence electrons. The van der Waals surface area contributed by atoms with Crippen molar-refractivity contribution in [2.24, 2.45) is 0 Å². The summed E-state index contributed by atoms with van der Waals surface area (Å²) in [5.41, 5.74) is 1.21. The van der Waals surface area contributed by atoms with E-state index in [0.717, 1.165) is 29.1 Å². The molecule has 0 spiro atoms. The molecule has 2 nitrogen and oxygen atoms in total. The molecule has 16 heavy (non-hydrogen) atoms. The number of halogens is 2. The van der Waals surface area contributed by atoms with Crippen LogP contribution in [0.5, 0.6) is 0 Å². The topological polar surface area (TPSA) is 24.9 Å². The lowest BCUT2D eigenvalue weighted by Crippen LogP contribution is -2.04. The van der Waals surface area contributed by atoms with Crippen molar-refractivity contribution in [2.75, 3.05) is 17.7 Å². The average Bonchev–Trinajstić information content (AvgIpc) is 2.29. The van der Waals surface area contributed by atoms with Crippen molar-refractivity contribution in [3.63, 3.8) is 0 Å². The molecule has 1 aromatic heterocycles. The fourth-order valence-electron chi connectivity index (χ4n) is 1.44. The van der Waals surface area contributed by atoms with Gasteiger partial charge in [-0.25, -0.2) is 4.98 Å². The number of unbranched alkanes of at least 4 members (excludes halogenated alkanes) is 3. The number of alkyl halides is 1. The highest BCUT2D eigenvalue weighted by Crippen LogP contribution is 2.23. The van der Waals surface area contributed by atoms with Crippen molar-refractivity contribution in [3.8, 4) is 0 Å². The van der Waals surface area contributed by atoms with E-state index in [4.69, 9.17) is 11.6 Å². The lowest BCUT2D eigenvalue weighted by atomic mass is 10.2. The van der Waals surface area contributed by atoms with Crippen molar-refractivity contribution in [1.29, 1.82) is 0 Å². The van der Waals surface area contributed by atoms with E-state index in [0.29, 0.717) is 0 Å². The minimum absolute atomic E-state index is 0.776. The molecule has 0 saturated heterocycles. The van der Waals surface area contributed by atoms with E-state index in [1.807, 2.05) is 12.3 Å². The van der Waals surface area contributed by atoms with Gasteiger partial charge in [-0.15, -0.1) is 11.6 Å². The Morgan fingerprint density at radius 2 is 2.06 bits per heavy atom. The molecule has 0 radical (unpaired) electrons. The summed E-state index contributed by atoms with van der Waals surface area (Å²) in [5.74, 6) is 1.72. The second-order valence-electron chi connectivity index (χ2n) is 3.82. The van der Waals surface area contributed by atoms with Crippen LogP contribution in [0.25, 0.3) is 0 Å². The lowest BCUT2D eigenvalue weighted by molar-refractivity contribution is 0.686. The number of rotatable bonds is 7. The Morgan fingerprint density at radius 1 is 1.31 bits per heavy atom. The summed E-state index contributed by atoms with van der Waals surface area (Å²) in [7, 11) is 0. The van der Waals surface area contributed by atoms with E-state index in [1.54, 1.807) is 0 Å². The first kappa shape index (κ1) is 13.8. The molecular formula is C12H18BrClN2. The lowest BCUT2D eigenvalue weighted by Gasteiger charge is -2.08. The summed E-state index contributed by atoms with van der Waals surface area (Å²) < 4.78 is 1.07. The summed E-state index contributed by atoms with van der Waals surface area (Å²) in [4.78, 5) is 4.29. The van der Waals surface area contributed by atoms with Gasteiger partial charge in [0, 0.05) is 18.6 Å². The van der Waals surface area contributed by atoms with Crippen molar-refractivity contribution in [1.82, 2.24) is 4.98 Å². The monoisotopic (exact) mass is 304 g/mol. The summed E-state index contributed by atoms with van der Waals surface area (Å²) >= 11 is 9.15. The molecule has 0 aliphatic rings. The highest BCUT2D eigenvalue weighted by Gasteiger charge is 2.02. The number of nitrogens with zero attached hydrogens (tertiary/aromatic N) is 1. The van der Waals surface area contributed by atoms with Crippen molar-refractivity contribution in [2.45, 2.75) is 32.6 Å². The summed E-state index contributed by atoms with van der Waals surface area (Å²) in [5, 5.41) is 3.34. The molecule has 0 aliphatic carbocycles. The van der Waals surface area contributed by atoms with Crippen molar-refractivity contribution < 1.29 is 0 Å². The fourth-order valence-corrected chi connectivity index (χ4v) is 2.01. The standard InChI is InChI=1S/C12H18BrClN2/c1-10-6-9-16-12(11(10)13)15-8-5-3-2-4-7-14/h6,9H,2-5,7-8H2,1H3,(H,15,16). The summed E-state index contributed by atoms with van der Waals surface area (Å²) in [6.45, 7) is 3.04. The minimum Gasteiger partial charge on any atom is -0.369 e. The van der Waals surface area contributed by atoms with Gasteiger partial charge >= 0.3 is 0 Å². The van der Waals surface area contributed by atoms with Gasteiger partial charge in [0.2, 0.25) is 0 Å². The Kier molecular flexibility index (Phi) is 6.81. The van der Waals surface area contributed by atoms with Gasteiger partial charge in [-0.1, -0.05) is 12.8 Å². The van der Waals surface area contributed by atoms with Gasteiger partial charge in [-0.2, -0.15) is 0 Å². The van der Waals surface area contributed by atoms with Crippen LogP contribution in [0.1, 0.15) is 31.2 Å².